The maximum atomic E-state index is 10.3. The molecule has 11 nitrogen and oxygen atoms in total. The van der Waals surface area contributed by atoms with Gasteiger partial charge in [0, 0.05) is 0 Å². The molecule has 11 heteroatoms. The van der Waals surface area contributed by atoms with E-state index in [1.54, 1.807) is 0 Å². The Balaban J connectivity index is 0.000000473. The van der Waals surface area contributed by atoms with E-state index in [9.17, 15) is 9.59 Å². The SMILES string of the molecule is O=C(O)O.O=C(O)O.O=C(O)c1ccc(C(=O)O)cc1.c1ccc(Oc2ccccc2)cc1. The van der Waals surface area contributed by atoms with Crippen molar-refractivity contribution in [2.45, 2.75) is 0 Å². The second kappa shape index (κ2) is 15.7. The van der Waals surface area contributed by atoms with Crippen LogP contribution in [0, 0.1) is 0 Å². The molecule has 0 spiro atoms. The topological polar surface area (TPSA) is 199 Å². The smallest absolute Gasteiger partial charge is 0.478 e. The third-order valence-electron chi connectivity index (χ3n) is 3.10. The summed E-state index contributed by atoms with van der Waals surface area (Å²) in [6.07, 6.45) is -3.67. The van der Waals surface area contributed by atoms with Crippen LogP contribution in [0.3, 0.4) is 0 Å². The van der Waals surface area contributed by atoms with E-state index in [-0.39, 0.29) is 11.1 Å². The predicted octanol–water partition coefficient (Wildman–Crippen LogP) is 5.01. The summed E-state index contributed by atoms with van der Waals surface area (Å²) in [7, 11) is 0. The van der Waals surface area contributed by atoms with Gasteiger partial charge in [-0.2, -0.15) is 0 Å². The number of benzene rings is 3. The minimum Gasteiger partial charge on any atom is -0.478 e. The molecule has 0 amide bonds. The lowest BCUT2D eigenvalue weighted by Crippen LogP contribution is -1.99. The van der Waals surface area contributed by atoms with Crippen LogP contribution in [-0.4, -0.2) is 54.9 Å². The van der Waals surface area contributed by atoms with E-state index in [4.69, 9.17) is 45.0 Å². The molecule has 0 saturated carbocycles. The maximum Gasteiger partial charge on any atom is 0.503 e. The summed E-state index contributed by atoms with van der Waals surface area (Å²) < 4.78 is 5.58. The number of para-hydroxylation sites is 2. The van der Waals surface area contributed by atoms with Gasteiger partial charge in [0.2, 0.25) is 0 Å². The van der Waals surface area contributed by atoms with Gasteiger partial charge in [0.25, 0.3) is 0 Å². The van der Waals surface area contributed by atoms with Gasteiger partial charge in [-0.3, -0.25) is 0 Å². The van der Waals surface area contributed by atoms with Gasteiger partial charge in [-0.1, -0.05) is 36.4 Å². The molecule has 0 bridgehead atoms. The molecule has 0 unspecified atom stereocenters. The molecule has 0 fully saturated rings. The molecule has 174 valence electrons. The van der Waals surface area contributed by atoms with Crippen molar-refractivity contribution >= 4 is 24.2 Å². The van der Waals surface area contributed by atoms with Crippen LogP contribution in [0.4, 0.5) is 9.59 Å². The van der Waals surface area contributed by atoms with Crippen molar-refractivity contribution in [1.29, 1.82) is 0 Å². The van der Waals surface area contributed by atoms with E-state index in [2.05, 4.69) is 0 Å². The molecule has 6 N–H and O–H groups in total. The third-order valence-corrected chi connectivity index (χ3v) is 3.10. The monoisotopic (exact) mass is 460 g/mol. The lowest BCUT2D eigenvalue weighted by atomic mass is 10.1. The fraction of sp³-hybridized carbons (Fsp3) is 0. The normalized spacial score (nSPS) is 8.61. The van der Waals surface area contributed by atoms with Gasteiger partial charge in [0.1, 0.15) is 11.5 Å². The second-order valence-electron chi connectivity index (χ2n) is 5.48. The molecular weight excluding hydrogens is 440 g/mol. The number of rotatable bonds is 4. The number of hydrogen-bond donors (Lipinski definition) is 6. The fourth-order valence-electron chi connectivity index (χ4n) is 1.87. The van der Waals surface area contributed by atoms with Crippen LogP contribution in [-0.2, 0) is 0 Å². The largest absolute Gasteiger partial charge is 0.503 e. The van der Waals surface area contributed by atoms with Crippen LogP contribution in [0.25, 0.3) is 0 Å². The molecule has 33 heavy (non-hydrogen) atoms. The van der Waals surface area contributed by atoms with Crippen molar-refractivity contribution in [2.75, 3.05) is 0 Å². The Morgan fingerprint density at radius 2 is 0.697 bits per heavy atom. The average molecular weight is 460 g/mol. The summed E-state index contributed by atoms with van der Waals surface area (Å²) in [5.41, 5.74) is 0.167. The van der Waals surface area contributed by atoms with Gasteiger partial charge in [-0.05, 0) is 48.5 Å². The van der Waals surface area contributed by atoms with Crippen LogP contribution in [0.15, 0.2) is 84.9 Å². The summed E-state index contributed by atoms with van der Waals surface area (Å²) in [6.45, 7) is 0. The lowest BCUT2D eigenvalue weighted by molar-refractivity contribution is 0.0681. The standard InChI is InChI=1S/C12H10O.C8H6O4.2CH2O3/c1-3-7-11(8-4-1)13-12-9-5-2-6-10-12;9-7(10)5-1-2-6(4-3-5)8(11)12;2*2-1(3)4/h1-10H;1-4H,(H,9,10)(H,11,12);2*(H2,2,3,4). The highest BCUT2D eigenvalue weighted by atomic mass is 16.6. The Kier molecular flexibility index (Phi) is 13.3. The Morgan fingerprint density at radius 1 is 0.455 bits per heavy atom. The summed E-state index contributed by atoms with van der Waals surface area (Å²) in [6, 6.07) is 24.5. The number of hydrogen-bond acceptors (Lipinski definition) is 5. The molecule has 3 aromatic carbocycles. The predicted molar refractivity (Wildman–Crippen MR) is 115 cm³/mol. The van der Waals surface area contributed by atoms with Gasteiger partial charge < -0.3 is 35.4 Å². The van der Waals surface area contributed by atoms with E-state index in [0.29, 0.717) is 0 Å². The van der Waals surface area contributed by atoms with E-state index in [0.717, 1.165) is 11.5 Å². The van der Waals surface area contributed by atoms with Crippen LogP contribution >= 0.6 is 0 Å². The van der Waals surface area contributed by atoms with E-state index in [1.807, 2.05) is 60.7 Å². The summed E-state index contributed by atoms with van der Waals surface area (Å²) in [5, 5.41) is 44.8. The van der Waals surface area contributed by atoms with Gasteiger partial charge in [0.05, 0.1) is 11.1 Å². The maximum absolute atomic E-state index is 10.3. The van der Waals surface area contributed by atoms with Crippen molar-refractivity contribution in [2.24, 2.45) is 0 Å². The second-order valence-corrected chi connectivity index (χ2v) is 5.48. The summed E-state index contributed by atoms with van der Waals surface area (Å²) >= 11 is 0. The number of aromatic carboxylic acids is 2. The highest BCUT2D eigenvalue weighted by Gasteiger charge is 2.04. The zero-order valence-electron chi connectivity index (χ0n) is 16.8. The van der Waals surface area contributed by atoms with Crippen LogP contribution in [0.1, 0.15) is 20.7 Å². The molecule has 0 atom stereocenters. The molecule has 0 aromatic heterocycles. The number of ether oxygens (including phenoxy) is 1. The number of carboxylic acid groups (broad SMARTS) is 6. The van der Waals surface area contributed by atoms with Crippen LogP contribution in [0.5, 0.6) is 11.5 Å². The summed E-state index contributed by atoms with van der Waals surface area (Å²) in [5.74, 6) is -0.388. The molecule has 0 aliphatic carbocycles. The van der Waals surface area contributed by atoms with Crippen LogP contribution in [0.2, 0.25) is 0 Å². The molecule has 3 aromatic rings. The van der Waals surface area contributed by atoms with Gasteiger partial charge in [-0.25, -0.2) is 19.2 Å². The Morgan fingerprint density at radius 3 is 0.909 bits per heavy atom. The first-order valence-electron chi connectivity index (χ1n) is 8.71. The Hall–Kier alpha value is -5.06. The molecule has 0 radical (unpaired) electrons. The highest BCUT2D eigenvalue weighted by molar-refractivity contribution is 5.91. The number of carboxylic acids is 2. The Bertz CT molecular complexity index is 911. The molecule has 0 saturated heterocycles. The Labute approximate surface area is 187 Å². The van der Waals surface area contributed by atoms with Gasteiger partial charge in [0.15, 0.2) is 0 Å². The first-order valence-corrected chi connectivity index (χ1v) is 8.71. The van der Waals surface area contributed by atoms with Gasteiger partial charge >= 0.3 is 24.2 Å². The van der Waals surface area contributed by atoms with E-state index in [1.165, 1.54) is 24.3 Å². The molecule has 0 aliphatic heterocycles. The molecule has 0 heterocycles. The minimum atomic E-state index is -1.83. The first kappa shape index (κ1) is 27.9. The van der Waals surface area contributed by atoms with Crippen LogP contribution < -0.4 is 4.74 Å². The average Bonchev–Trinajstić information content (AvgIpc) is 2.75. The zero-order chi connectivity index (χ0) is 25.2. The van der Waals surface area contributed by atoms with Crippen molar-refractivity contribution in [1.82, 2.24) is 0 Å². The summed E-state index contributed by atoms with van der Waals surface area (Å²) in [4.78, 5) is 37.8. The first-order chi connectivity index (χ1) is 15.5. The highest BCUT2D eigenvalue weighted by Crippen LogP contribution is 2.19. The van der Waals surface area contributed by atoms with E-state index >= 15 is 0 Å². The van der Waals surface area contributed by atoms with Crippen molar-refractivity contribution in [3.05, 3.63) is 96.1 Å². The van der Waals surface area contributed by atoms with Gasteiger partial charge in [-0.15, -0.1) is 0 Å². The quantitative estimate of drug-likeness (QED) is 0.306. The third kappa shape index (κ3) is 15.4. The van der Waals surface area contributed by atoms with Crippen molar-refractivity contribution < 1.29 is 54.6 Å². The lowest BCUT2D eigenvalue weighted by Gasteiger charge is -2.03. The number of carbonyl (C=O) groups is 4. The van der Waals surface area contributed by atoms with Crippen molar-refractivity contribution in [3.8, 4) is 11.5 Å². The minimum absolute atomic E-state index is 0.0833. The van der Waals surface area contributed by atoms with Crippen molar-refractivity contribution in [3.63, 3.8) is 0 Å². The molecule has 0 aliphatic rings. The molecule has 3 rings (SSSR count). The molecular formula is C22H20O11. The zero-order valence-corrected chi connectivity index (χ0v) is 16.8. The van der Waals surface area contributed by atoms with E-state index < -0.39 is 24.2 Å². The fourth-order valence-corrected chi connectivity index (χ4v) is 1.87.